The van der Waals surface area contributed by atoms with Gasteiger partial charge in [-0.15, -0.1) is 0 Å². The van der Waals surface area contributed by atoms with Crippen LogP contribution in [0.4, 0.5) is 5.69 Å². The molecular weight excluding hydrogens is 296 g/mol. The molecule has 1 aliphatic heterocycles. The quantitative estimate of drug-likeness (QED) is 0.492. The van der Waals surface area contributed by atoms with Crippen LogP contribution >= 0.6 is 11.8 Å². The number of aromatic hydroxyl groups is 1. The first-order valence-electron chi connectivity index (χ1n) is 7.81. The molecule has 0 amide bonds. The van der Waals surface area contributed by atoms with E-state index >= 15 is 0 Å². The topological polar surface area (TPSA) is 51.1 Å². The van der Waals surface area contributed by atoms with Crippen molar-refractivity contribution in [1.29, 1.82) is 0 Å². The van der Waals surface area contributed by atoms with Crippen molar-refractivity contribution in [2.75, 3.05) is 56.2 Å². The van der Waals surface area contributed by atoms with E-state index < -0.39 is 0 Å². The largest absolute Gasteiger partial charge is 0.506 e. The van der Waals surface area contributed by atoms with Crippen LogP contribution < -0.4 is 10.2 Å². The first kappa shape index (κ1) is 16.8. The monoisotopic (exact) mass is 322 g/mol. The zero-order valence-corrected chi connectivity index (χ0v) is 14.3. The average molecular weight is 322 g/mol. The molecule has 1 saturated heterocycles. The van der Waals surface area contributed by atoms with Crippen LogP contribution in [0.15, 0.2) is 29.3 Å². The molecule has 0 spiro atoms. The van der Waals surface area contributed by atoms with Gasteiger partial charge in [0.1, 0.15) is 5.75 Å². The molecular formula is C16H26N4OS. The summed E-state index contributed by atoms with van der Waals surface area (Å²) >= 11 is 1.82. The van der Waals surface area contributed by atoms with E-state index in [1.54, 1.807) is 6.07 Å². The van der Waals surface area contributed by atoms with E-state index in [4.69, 9.17) is 0 Å². The minimum absolute atomic E-state index is 0.358. The Morgan fingerprint density at radius 1 is 1.27 bits per heavy atom. The first-order valence-corrected chi connectivity index (χ1v) is 9.20. The van der Waals surface area contributed by atoms with E-state index in [9.17, 15) is 5.11 Å². The van der Waals surface area contributed by atoms with Crippen molar-refractivity contribution in [2.24, 2.45) is 4.99 Å². The number of hydrogen-bond acceptors (Lipinski definition) is 4. The van der Waals surface area contributed by atoms with Crippen LogP contribution in [-0.4, -0.2) is 67.2 Å². The van der Waals surface area contributed by atoms with Gasteiger partial charge in [0.05, 0.1) is 12.2 Å². The molecule has 1 aromatic carbocycles. The minimum Gasteiger partial charge on any atom is -0.506 e. The second-order valence-electron chi connectivity index (χ2n) is 5.19. The predicted octanol–water partition coefficient (Wildman–Crippen LogP) is 1.84. The van der Waals surface area contributed by atoms with Gasteiger partial charge in [0.25, 0.3) is 0 Å². The summed E-state index contributed by atoms with van der Waals surface area (Å²) in [6.45, 7) is 7.46. The lowest BCUT2D eigenvalue weighted by atomic mass is 10.2. The van der Waals surface area contributed by atoms with Crippen molar-refractivity contribution >= 4 is 23.4 Å². The molecule has 0 aromatic heterocycles. The number of hydrogen-bond donors (Lipinski definition) is 2. The molecule has 5 nitrogen and oxygen atoms in total. The number of nitrogens with zero attached hydrogens (tertiary/aromatic N) is 3. The highest BCUT2D eigenvalue weighted by molar-refractivity contribution is 7.98. The summed E-state index contributed by atoms with van der Waals surface area (Å²) < 4.78 is 0. The maximum absolute atomic E-state index is 9.97. The molecule has 2 rings (SSSR count). The number of thioether (sulfide) groups is 1. The fourth-order valence-electron chi connectivity index (χ4n) is 2.56. The van der Waals surface area contributed by atoms with Gasteiger partial charge in [-0.25, -0.2) is 0 Å². The first-order chi connectivity index (χ1) is 10.8. The van der Waals surface area contributed by atoms with Gasteiger partial charge in [-0.3, -0.25) is 4.99 Å². The van der Waals surface area contributed by atoms with Gasteiger partial charge < -0.3 is 20.2 Å². The van der Waals surface area contributed by atoms with Crippen LogP contribution in [0.5, 0.6) is 5.75 Å². The third-order valence-corrected chi connectivity index (χ3v) is 4.28. The highest BCUT2D eigenvalue weighted by Crippen LogP contribution is 2.27. The number of para-hydroxylation sites is 2. The van der Waals surface area contributed by atoms with Crippen LogP contribution in [0.1, 0.15) is 6.92 Å². The maximum atomic E-state index is 9.97. The van der Waals surface area contributed by atoms with E-state index in [0.717, 1.165) is 56.7 Å². The van der Waals surface area contributed by atoms with Crippen LogP contribution in [-0.2, 0) is 0 Å². The molecule has 1 heterocycles. The molecule has 0 bridgehead atoms. The third-order valence-electron chi connectivity index (χ3n) is 3.69. The van der Waals surface area contributed by atoms with Gasteiger partial charge in [-0.2, -0.15) is 11.8 Å². The molecule has 1 aromatic rings. The summed E-state index contributed by atoms with van der Waals surface area (Å²) in [5.41, 5.74) is 0.923. The van der Waals surface area contributed by atoms with Gasteiger partial charge in [0.15, 0.2) is 5.96 Å². The summed E-state index contributed by atoms with van der Waals surface area (Å²) in [5, 5.41) is 13.3. The van der Waals surface area contributed by atoms with Crippen LogP contribution in [0.2, 0.25) is 0 Å². The number of aliphatic imine (C=N–C) groups is 1. The van der Waals surface area contributed by atoms with Gasteiger partial charge in [-0.1, -0.05) is 12.1 Å². The third kappa shape index (κ3) is 4.47. The Morgan fingerprint density at radius 2 is 2.00 bits per heavy atom. The van der Waals surface area contributed by atoms with Crippen LogP contribution in [0, 0.1) is 0 Å². The number of phenolic OH excluding ortho intramolecular Hbond substituents is 1. The lowest BCUT2D eigenvalue weighted by molar-refractivity contribution is 0.370. The lowest BCUT2D eigenvalue weighted by Crippen LogP contribution is -2.52. The highest BCUT2D eigenvalue weighted by atomic mass is 32.2. The van der Waals surface area contributed by atoms with E-state index in [-0.39, 0.29) is 0 Å². The Labute approximate surface area is 137 Å². The number of anilines is 1. The zero-order valence-electron chi connectivity index (χ0n) is 13.5. The summed E-state index contributed by atoms with van der Waals surface area (Å²) in [5.74, 6) is 2.41. The molecule has 0 atom stereocenters. The fraction of sp³-hybridized carbons (Fsp3) is 0.562. The van der Waals surface area contributed by atoms with E-state index in [1.165, 1.54) is 0 Å². The van der Waals surface area contributed by atoms with Crippen molar-refractivity contribution in [1.82, 2.24) is 10.2 Å². The Morgan fingerprint density at radius 3 is 2.64 bits per heavy atom. The minimum atomic E-state index is 0.358. The molecule has 0 radical (unpaired) electrons. The Balaban J connectivity index is 1.95. The Hall–Kier alpha value is -1.56. The fourth-order valence-corrected chi connectivity index (χ4v) is 2.83. The number of nitrogens with one attached hydrogen (secondary N) is 1. The summed E-state index contributed by atoms with van der Waals surface area (Å²) in [6, 6.07) is 7.55. The molecule has 122 valence electrons. The van der Waals surface area contributed by atoms with Crippen molar-refractivity contribution in [3.05, 3.63) is 24.3 Å². The van der Waals surface area contributed by atoms with Crippen LogP contribution in [0.3, 0.4) is 0 Å². The standard InChI is InChI=1S/C16H26N4OS/c1-3-17-16(18-8-13-22-2)20-11-9-19(10-12-20)14-6-4-5-7-15(14)21/h4-7,21H,3,8-13H2,1-2H3,(H,17,18). The van der Waals surface area contributed by atoms with Crippen molar-refractivity contribution < 1.29 is 5.11 Å². The average Bonchev–Trinajstić information content (AvgIpc) is 2.55. The summed E-state index contributed by atoms with van der Waals surface area (Å²) in [4.78, 5) is 9.22. The van der Waals surface area contributed by atoms with E-state index in [2.05, 4.69) is 33.3 Å². The molecule has 0 saturated carbocycles. The molecule has 2 N–H and O–H groups in total. The zero-order chi connectivity index (χ0) is 15.8. The van der Waals surface area contributed by atoms with Gasteiger partial charge in [0.2, 0.25) is 0 Å². The Bertz CT molecular complexity index is 487. The molecule has 1 fully saturated rings. The molecule has 6 heteroatoms. The normalized spacial score (nSPS) is 16.0. The highest BCUT2D eigenvalue weighted by Gasteiger charge is 2.21. The van der Waals surface area contributed by atoms with Crippen molar-refractivity contribution in [3.8, 4) is 5.75 Å². The summed E-state index contributed by atoms with van der Waals surface area (Å²) in [7, 11) is 0. The van der Waals surface area contributed by atoms with Gasteiger partial charge in [0, 0.05) is 38.5 Å². The maximum Gasteiger partial charge on any atom is 0.194 e. The molecule has 0 unspecified atom stereocenters. The second-order valence-corrected chi connectivity index (χ2v) is 6.18. The second kappa shape index (κ2) is 8.78. The smallest absolute Gasteiger partial charge is 0.194 e. The molecule has 22 heavy (non-hydrogen) atoms. The molecule has 1 aliphatic rings. The Kier molecular flexibility index (Phi) is 6.71. The van der Waals surface area contributed by atoms with E-state index in [0.29, 0.717) is 5.75 Å². The SMILES string of the molecule is CCNC(=NCCSC)N1CCN(c2ccccc2O)CC1. The van der Waals surface area contributed by atoms with Crippen LogP contribution in [0.25, 0.3) is 0 Å². The number of benzene rings is 1. The van der Waals surface area contributed by atoms with Crippen molar-refractivity contribution in [2.45, 2.75) is 6.92 Å². The number of piperazine rings is 1. The number of rotatable bonds is 5. The summed E-state index contributed by atoms with van der Waals surface area (Å²) in [6.07, 6.45) is 2.10. The van der Waals surface area contributed by atoms with Gasteiger partial charge in [-0.05, 0) is 25.3 Å². The molecule has 0 aliphatic carbocycles. The lowest BCUT2D eigenvalue weighted by Gasteiger charge is -2.37. The number of phenols is 1. The van der Waals surface area contributed by atoms with Crippen molar-refractivity contribution in [3.63, 3.8) is 0 Å². The predicted molar refractivity (Wildman–Crippen MR) is 96.3 cm³/mol. The van der Waals surface area contributed by atoms with E-state index in [1.807, 2.05) is 30.0 Å². The van der Waals surface area contributed by atoms with Gasteiger partial charge >= 0.3 is 0 Å². The number of guanidine groups is 1.